The van der Waals surface area contributed by atoms with E-state index in [1.54, 1.807) is 17.3 Å². The molecule has 3 heterocycles. The van der Waals surface area contributed by atoms with Gasteiger partial charge in [0.15, 0.2) is 5.82 Å². The van der Waals surface area contributed by atoms with Crippen molar-refractivity contribution >= 4 is 11.7 Å². The zero-order valence-corrected chi connectivity index (χ0v) is 16.9. The van der Waals surface area contributed by atoms with E-state index in [1.807, 2.05) is 30.3 Å². The smallest absolute Gasteiger partial charge is 0.314 e. The van der Waals surface area contributed by atoms with Gasteiger partial charge in [-0.15, -0.1) is 0 Å². The molecule has 8 heteroatoms. The minimum atomic E-state index is -0.183. The number of nitrogens with one attached hydrogen (secondary N) is 2. The Morgan fingerprint density at radius 2 is 1.90 bits per heavy atom. The molecule has 0 aliphatic carbocycles. The minimum Gasteiger partial charge on any atom is -0.314 e. The van der Waals surface area contributed by atoms with Crippen molar-refractivity contribution in [3.63, 3.8) is 0 Å². The number of anilines is 1. The summed E-state index contributed by atoms with van der Waals surface area (Å²) in [5.74, 6) is 2.08. The molecule has 29 heavy (non-hydrogen) atoms. The second-order valence-corrected chi connectivity index (χ2v) is 8.24. The molecule has 1 aliphatic rings. The number of H-pyrrole nitrogens is 1. The minimum absolute atomic E-state index is 0.130. The number of urea groups is 1. The average molecular weight is 391 g/mol. The van der Waals surface area contributed by atoms with Gasteiger partial charge in [-0.3, -0.25) is 5.10 Å². The van der Waals surface area contributed by atoms with Crippen LogP contribution in [0.3, 0.4) is 0 Å². The summed E-state index contributed by atoms with van der Waals surface area (Å²) in [6, 6.07) is 9.48. The van der Waals surface area contributed by atoms with Crippen molar-refractivity contribution in [2.24, 2.45) is 0 Å². The molecular weight excluding hydrogens is 366 g/mol. The van der Waals surface area contributed by atoms with Crippen molar-refractivity contribution in [2.45, 2.75) is 45.1 Å². The van der Waals surface area contributed by atoms with Crippen LogP contribution < -0.4 is 5.32 Å². The fraction of sp³-hybridized carbons (Fsp3) is 0.381. The molecule has 150 valence electrons. The van der Waals surface area contributed by atoms with Crippen molar-refractivity contribution in [1.29, 1.82) is 0 Å². The van der Waals surface area contributed by atoms with E-state index in [4.69, 9.17) is 0 Å². The van der Waals surface area contributed by atoms with Gasteiger partial charge < -0.3 is 10.2 Å². The summed E-state index contributed by atoms with van der Waals surface area (Å²) in [5.41, 5.74) is 1.39. The molecule has 0 spiro atoms. The van der Waals surface area contributed by atoms with Gasteiger partial charge in [-0.2, -0.15) is 5.10 Å². The Labute approximate surface area is 169 Å². The largest absolute Gasteiger partial charge is 0.322 e. The lowest BCUT2D eigenvalue weighted by molar-refractivity contribution is 0.205. The van der Waals surface area contributed by atoms with Crippen LogP contribution in [-0.4, -0.2) is 42.6 Å². The van der Waals surface area contributed by atoms with Gasteiger partial charge in [-0.05, 0) is 12.8 Å². The van der Waals surface area contributed by atoms with Gasteiger partial charge in [-0.1, -0.05) is 51.1 Å². The van der Waals surface area contributed by atoms with E-state index in [-0.39, 0.29) is 17.5 Å². The number of rotatable bonds is 3. The number of carbonyl (C=O) groups is 1. The maximum atomic E-state index is 12.9. The van der Waals surface area contributed by atoms with E-state index in [9.17, 15) is 4.79 Å². The third kappa shape index (κ3) is 4.11. The monoisotopic (exact) mass is 391 g/mol. The molecule has 0 saturated carbocycles. The highest BCUT2D eigenvalue weighted by atomic mass is 16.2. The van der Waals surface area contributed by atoms with E-state index < -0.39 is 0 Å². The number of aromatic nitrogens is 5. The lowest BCUT2D eigenvalue weighted by atomic mass is 9.96. The number of hydrogen-bond donors (Lipinski definition) is 2. The fourth-order valence-corrected chi connectivity index (χ4v) is 3.41. The van der Waals surface area contributed by atoms with Crippen molar-refractivity contribution in [3.8, 4) is 11.4 Å². The van der Waals surface area contributed by atoms with Crippen LogP contribution in [0.5, 0.6) is 0 Å². The highest BCUT2D eigenvalue weighted by Gasteiger charge is 2.32. The molecule has 1 unspecified atom stereocenters. The molecule has 8 nitrogen and oxygen atoms in total. The molecule has 1 aromatic carbocycles. The lowest BCUT2D eigenvalue weighted by Crippen LogP contribution is -2.35. The summed E-state index contributed by atoms with van der Waals surface area (Å²) in [5, 5.41) is 10.2. The zero-order valence-electron chi connectivity index (χ0n) is 16.9. The van der Waals surface area contributed by atoms with E-state index in [1.165, 1.54) is 0 Å². The molecule has 0 bridgehead atoms. The van der Waals surface area contributed by atoms with Crippen molar-refractivity contribution in [2.75, 3.05) is 11.9 Å². The Morgan fingerprint density at radius 1 is 1.17 bits per heavy atom. The van der Waals surface area contributed by atoms with Crippen LogP contribution in [0.1, 0.15) is 51.3 Å². The van der Waals surface area contributed by atoms with Crippen molar-refractivity contribution in [3.05, 3.63) is 54.4 Å². The first kappa shape index (κ1) is 19.0. The van der Waals surface area contributed by atoms with E-state index in [0.717, 1.165) is 24.2 Å². The number of aromatic amines is 1. The number of benzene rings is 1. The van der Waals surface area contributed by atoms with Crippen LogP contribution in [0.25, 0.3) is 11.4 Å². The van der Waals surface area contributed by atoms with Crippen LogP contribution in [0.4, 0.5) is 10.5 Å². The summed E-state index contributed by atoms with van der Waals surface area (Å²) in [7, 11) is 0. The molecule has 1 aliphatic heterocycles. The highest BCUT2D eigenvalue weighted by molar-refractivity contribution is 5.89. The van der Waals surface area contributed by atoms with Gasteiger partial charge in [0, 0.05) is 17.5 Å². The van der Waals surface area contributed by atoms with E-state index in [0.29, 0.717) is 23.9 Å². The molecule has 1 saturated heterocycles. The number of nitrogens with zero attached hydrogens (tertiary/aromatic N) is 5. The zero-order chi connectivity index (χ0) is 20.4. The molecule has 2 aromatic heterocycles. The van der Waals surface area contributed by atoms with E-state index >= 15 is 0 Å². The predicted molar refractivity (Wildman–Crippen MR) is 110 cm³/mol. The van der Waals surface area contributed by atoms with Crippen LogP contribution in [0.2, 0.25) is 0 Å². The average Bonchev–Trinajstić information content (AvgIpc) is 3.38. The number of carbonyl (C=O) groups excluding carboxylic acids is 1. The Balaban J connectivity index is 1.47. The second-order valence-electron chi connectivity index (χ2n) is 8.24. The second kappa shape index (κ2) is 7.62. The Morgan fingerprint density at radius 3 is 2.59 bits per heavy atom. The molecule has 0 radical (unpaired) electrons. The summed E-state index contributed by atoms with van der Waals surface area (Å²) in [6.45, 7) is 6.82. The molecule has 2 N–H and O–H groups in total. The van der Waals surface area contributed by atoms with Crippen LogP contribution in [-0.2, 0) is 5.41 Å². The summed E-state index contributed by atoms with van der Waals surface area (Å²) in [6.07, 6.45) is 5.06. The van der Waals surface area contributed by atoms with Gasteiger partial charge in [0.25, 0.3) is 0 Å². The highest BCUT2D eigenvalue weighted by Crippen LogP contribution is 2.31. The third-order valence-corrected chi connectivity index (χ3v) is 4.94. The molecular formula is C21H25N7O. The van der Waals surface area contributed by atoms with Gasteiger partial charge in [0.1, 0.15) is 11.6 Å². The Hall–Kier alpha value is -3.29. The van der Waals surface area contributed by atoms with Crippen LogP contribution in [0, 0.1) is 0 Å². The lowest BCUT2D eigenvalue weighted by Gasteiger charge is -2.23. The van der Waals surface area contributed by atoms with Crippen molar-refractivity contribution in [1.82, 2.24) is 30.0 Å². The van der Waals surface area contributed by atoms with Gasteiger partial charge >= 0.3 is 6.03 Å². The van der Waals surface area contributed by atoms with Gasteiger partial charge in [0.05, 0.1) is 24.1 Å². The summed E-state index contributed by atoms with van der Waals surface area (Å²) < 4.78 is 0. The van der Waals surface area contributed by atoms with Crippen LogP contribution >= 0.6 is 0 Å². The summed E-state index contributed by atoms with van der Waals surface area (Å²) in [4.78, 5) is 28.0. The fourth-order valence-electron chi connectivity index (χ4n) is 3.41. The first-order valence-electron chi connectivity index (χ1n) is 9.80. The van der Waals surface area contributed by atoms with Crippen molar-refractivity contribution < 1.29 is 4.79 Å². The molecule has 3 aromatic rings. The van der Waals surface area contributed by atoms with Gasteiger partial charge in [-0.25, -0.2) is 19.7 Å². The third-order valence-electron chi connectivity index (χ3n) is 4.94. The van der Waals surface area contributed by atoms with Crippen LogP contribution in [0.15, 0.2) is 42.7 Å². The first-order valence-corrected chi connectivity index (χ1v) is 9.80. The van der Waals surface area contributed by atoms with E-state index in [2.05, 4.69) is 51.2 Å². The molecule has 2 amide bonds. The number of likely N-dealkylation sites (tertiary alicyclic amines) is 1. The predicted octanol–water partition coefficient (Wildman–Crippen LogP) is 3.93. The molecule has 4 rings (SSSR count). The SMILES string of the molecule is CC(C)(C)c1ncc(NC(=O)N2CCCC2c2nc(-c3ccccc3)n[nH]2)cn1. The normalized spacial score (nSPS) is 16.8. The topological polar surface area (TPSA) is 99.7 Å². The maximum absolute atomic E-state index is 12.9. The first-order chi connectivity index (χ1) is 13.9. The number of amides is 2. The Kier molecular flexibility index (Phi) is 5.00. The quantitative estimate of drug-likeness (QED) is 0.705. The standard InChI is InChI=1S/C21H25N7O/c1-21(2,3)19-22-12-15(13-23-19)24-20(29)28-11-7-10-16(28)18-25-17(26-27-18)14-8-5-4-6-9-14/h4-6,8-9,12-13,16H,7,10-11H2,1-3H3,(H,24,29)(H,25,26,27). The van der Waals surface area contributed by atoms with Gasteiger partial charge in [0.2, 0.25) is 0 Å². The molecule has 1 fully saturated rings. The number of hydrogen-bond acceptors (Lipinski definition) is 5. The maximum Gasteiger partial charge on any atom is 0.322 e. The Bertz CT molecular complexity index is 976. The molecule has 1 atom stereocenters. The summed E-state index contributed by atoms with van der Waals surface area (Å²) >= 11 is 0.